The van der Waals surface area contributed by atoms with Crippen LogP contribution in [0.2, 0.25) is 0 Å². The van der Waals surface area contributed by atoms with E-state index < -0.39 is 20.7 Å². The van der Waals surface area contributed by atoms with Gasteiger partial charge in [0.05, 0.1) is 6.61 Å². The van der Waals surface area contributed by atoms with Gasteiger partial charge >= 0.3 is 0 Å². The average molecular weight is 313 g/mol. The molecule has 21 heavy (non-hydrogen) atoms. The zero-order valence-electron chi connectivity index (χ0n) is 11.2. The molecule has 2 N–H and O–H groups in total. The summed E-state index contributed by atoms with van der Waals surface area (Å²) in [6, 6.07) is 5.28. The number of aliphatic hydroxyl groups is 1. The maximum absolute atomic E-state index is 13.6. The maximum Gasteiger partial charge on any atom is 0.243 e. The van der Waals surface area contributed by atoms with Crippen molar-refractivity contribution in [3.8, 4) is 0 Å². The first kappa shape index (κ1) is 15.6. The van der Waals surface area contributed by atoms with Crippen LogP contribution in [0.15, 0.2) is 41.6 Å². The third kappa shape index (κ3) is 4.10. The van der Waals surface area contributed by atoms with Crippen LogP contribution < -0.4 is 4.72 Å². The molecule has 0 aliphatic heterocycles. The molecule has 0 atom stereocenters. The Hall–Kier alpha value is -1.77. The molecule has 1 aromatic carbocycles. The van der Waals surface area contributed by atoms with Gasteiger partial charge in [-0.2, -0.15) is 5.10 Å². The van der Waals surface area contributed by atoms with Crippen LogP contribution in [-0.4, -0.2) is 29.8 Å². The highest BCUT2D eigenvalue weighted by atomic mass is 32.2. The predicted octanol–water partition coefficient (Wildman–Crippen LogP) is 0.883. The zero-order valence-corrected chi connectivity index (χ0v) is 12.1. The molecule has 0 aliphatic rings. The molecule has 0 spiro atoms. The summed E-state index contributed by atoms with van der Waals surface area (Å²) in [6.45, 7) is 0.391. The Balaban J connectivity index is 1.98. The first-order valence-electron chi connectivity index (χ1n) is 6.39. The molecule has 0 saturated carbocycles. The molecule has 0 bridgehead atoms. The van der Waals surface area contributed by atoms with E-state index in [2.05, 4.69) is 9.82 Å². The first-order valence-corrected chi connectivity index (χ1v) is 7.87. The summed E-state index contributed by atoms with van der Waals surface area (Å²) >= 11 is 0. The summed E-state index contributed by atoms with van der Waals surface area (Å²) in [7, 11) is -3.93. The summed E-state index contributed by atoms with van der Waals surface area (Å²) in [5, 5.41) is 13.0. The van der Waals surface area contributed by atoms with Gasteiger partial charge in [0.25, 0.3) is 0 Å². The molecule has 1 aromatic heterocycles. The van der Waals surface area contributed by atoms with Crippen LogP contribution in [0.25, 0.3) is 0 Å². The van der Waals surface area contributed by atoms with Gasteiger partial charge < -0.3 is 5.11 Å². The monoisotopic (exact) mass is 313 g/mol. The number of hydrogen-bond acceptors (Lipinski definition) is 4. The van der Waals surface area contributed by atoms with Crippen molar-refractivity contribution in [2.24, 2.45) is 0 Å². The topological polar surface area (TPSA) is 84.2 Å². The molecule has 6 nitrogen and oxygen atoms in total. The number of halogens is 1. The molecule has 2 aromatic rings. The molecule has 0 saturated heterocycles. The Morgan fingerprint density at radius 1 is 1.38 bits per heavy atom. The van der Waals surface area contributed by atoms with Crippen LogP contribution >= 0.6 is 0 Å². The van der Waals surface area contributed by atoms with Crippen LogP contribution in [0.5, 0.6) is 0 Å². The highest BCUT2D eigenvalue weighted by molar-refractivity contribution is 7.89. The fourth-order valence-electron chi connectivity index (χ4n) is 1.81. The number of sulfonamides is 1. The Kier molecular flexibility index (Phi) is 5.05. The van der Waals surface area contributed by atoms with E-state index in [1.807, 2.05) is 0 Å². The molecule has 1 heterocycles. The number of nitrogens with one attached hydrogen (secondary N) is 1. The standard InChI is InChI=1S/C13H16FN3O3S/c14-12-4-3-11(10-18)9-13(12)21(19,20)16-6-2-8-17-7-1-5-15-17/h1,3-5,7,9,16,18H,2,6,8,10H2. The van der Waals surface area contributed by atoms with E-state index in [1.54, 1.807) is 23.1 Å². The summed E-state index contributed by atoms with van der Waals surface area (Å²) in [6.07, 6.45) is 3.95. The van der Waals surface area contributed by atoms with Crippen LogP contribution in [0, 0.1) is 5.82 Å². The quantitative estimate of drug-likeness (QED) is 0.743. The minimum atomic E-state index is -3.93. The number of aromatic nitrogens is 2. The van der Waals surface area contributed by atoms with Crippen molar-refractivity contribution in [2.75, 3.05) is 6.54 Å². The second-order valence-corrected chi connectivity index (χ2v) is 6.18. The highest BCUT2D eigenvalue weighted by Gasteiger charge is 2.18. The lowest BCUT2D eigenvalue weighted by molar-refractivity contribution is 0.281. The summed E-state index contributed by atoms with van der Waals surface area (Å²) in [5.41, 5.74) is 0.341. The van der Waals surface area contributed by atoms with E-state index in [0.29, 0.717) is 18.5 Å². The fourth-order valence-corrected chi connectivity index (χ4v) is 3.01. The van der Waals surface area contributed by atoms with Gasteiger partial charge in [-0.05, 0) is 30.2 Å². The number of hydrogen-bond donors (Lipinski definition) is 2. The van der Waals surface area contributed by atoms with Crippen LogP contribution in [-0.2, 0) is 23.2 Å². The van der Waals surface area contributed by atoms with Crippen molar-refractivity contribution in [1.29, 1.82) is 0 Å². The molecule has 0 unspecified atom stereocenters. The Labute approximate surface area is 122 Å². The van der Waals surface area contributed by atoms with Gasteiger partial charge in [0.2, 0.25) is 10.0 Å². The van der Waals surface area contributed by atoms with E-state index in [4.69, 9.17) is 5.11 Å². The molecule has 0 amide bonds. The third-order valence-electron chi connectivity index (χ3n) is 2.88. The Morgan fingerprint density at radius 3 is 2.86 bits per heavy atom. The van der Waals surface area contributed by atoms with Gasteiger partial charge in [0.1, 0.15) is 10.7 Å². The Bertz CT molecular complexity index is 687. The molecule has 0 fully saturated rings. The average Bonchev–Trinajstić information content (AvgIpc) is 2.97. The number of aliphatic hydroxyl groups excluding tert-OH is 1. The highest BCUT2D eigenvalue weighted by Crippen LogP contribution is 2.16. The van der Waals surface area contributed by atoms with Gasteiger partial charge in [-0.15, -0.1) is 0 Å². The van der Waals surface area contributed by atoms with Crippen LogP contribution in [0.4, 0.5) is 4.39 Å². The maximum atomic E-state index is 13.6. The van der Waals surface area contributed by atoms with Gasteiger partial charge in [-0.3, -0.25) is 4.68 Å². The lowest BCUT2D eigenvalue weighted by atomic mass is 10.2. The van der Waals surface area contributed by atoms with Crippen molar-refractivity contribution < 1.29 is 17.9 Å². The van der Waals surface area contributed by atoms with Crippen LogP contribution in [0.1, 0.15) is 12.0 Å². The van der Waals surface area contributed by atoms with Gasteiger partial charge in [0, 0.05) is 25.5 Å². The van der Waals surface area contributed by atoms with E-state index >= 15 is 0 Å². The van der Waals surface area contributed by atoms with Gasteiger partial charge in [-0.1, -0.05) is 6.07 Å². The predicted molar refractivity (Wildman–Crippen MR) is 74.4 cm³/mol. The normalized spacial score (nSPS) is 11.7. The van der Waals surface area contributed by atoms with Crippen molar-refractivity contribution in [2.45, 2.75) is 24.5 Å². The van der Waals surface area contributed by atoms with E-state index in [9.17, 15) is 12.8 Å². The van der Waals surface area contributed by atoms with Crippen molar-refractivity contribution in [1.82, 2.24) is 14.5 Å². The number of nitrogens with zero attached hydrogens (tertiary/aromatic N) is 2. The fraction of sp³-hybridized carbons (Fsp3) is 0.308. The first-order chi connectivity index (χ1) is 10.0. The minimum absolute atomic E-state index is 0.172. The Morgan fingerprint density at radius 2 is 2.19 bits per heavy atom. The van der Waals surface area contributed by atoms with Gasteiger partial charge in [-0.25, -0.2) is 17.5 Å². The molecule has 8 heteroatoms. The summed E-state index contributed by atoms with van der Waals surface area (Å²) in [4.78, 5) is -0.451. The lowest BCUT2D eigenvalue weighted by Crippen LogP contribution is -2.26. The molecule has 114 valence electrons. The zero-order chi connectivity index (χ0) is 15.3. The second kappa shape index (κ2) is 6.79. The molecular weight excluding hydrogens is 297 g/mol. The van der Waals surface area contributed by atoms with Crippen molar-refractivity contribution in [3.63, 3.8) is 0 Å². The van der Waals surface area contributed by atoms with Crippen molar-refractivity contribution >= 4 is 10.0 Å². The lowest BCUT2D eigenvalue weighted by Gasteiger charge is -2.09. The van der Waals surface area contributed by atoms with Gasteiger partial charge in [0.15, 0.2) is 0 Å². The second-order valence-electron chi connectivity index (χ2n) is 4.44. The number of aryl methyl sites for hydroxylation is 1. The summed E-state index contributed by atoms with van der Waals surface area (Å²) < 4.78 is 41.7. The molecule has 2 rings (SSSR count). The summed E-state index contributed by atoms with van der Waals surface area (Å²) in [5.74, 6) is -0.841. The number of rotatable bonds is 7. The minimum Gasteiger partial charge on any atom is -0.392 e. The molecule has 0 aliphatic carbocycles. The van der Waals surface area contributed by atoms with E-state index in [-0.39, 0.29) is 13.2 Å². The SMILES string of the molecule is O=S(=O)(NCCCn1cccn1)c1cc(CO)ccc1F. The van der Waals surface area contributed by atoms with Crippen molar-refractivity contribution in [3.05, 3.63) is 48.0 Å². The van der Waals surface area contributed by atoms with E-state index in [1.165, 1.54) is 6.07 Å². The number of benzene rings is 1. The third-order valence-corrected chi connectivity index (χ3v) is 4.36. The van der Waals surface area contributed by atoms with Crippen LogP contribution in [0.3, 0.4) is 0 Å². The smallest absolute Gasteiger partial charge is 0.243 e. The van der Waals surface area contributed by atoms with E-state index in [0.717, 1.165) is 12.1 Å². The largest absolute Gasteiger partial charge is 0.392 e. The molecular formula is C13H16FN3O3S. The molecule has 0 radical (unpaired) electrons.